The number of ether oxygens (including phenoxy) is 1. The molecule has 0 spiro atoms. The number of rotatable bonds is 9. The third-order valence-corrected chi connectivity index (χ3v) is 5.70. The Labute approximate surface area is 190 Å². The Morgan fingerprint density at radius 3 is 2.53 bits per heavy atom. The molecular weight excluding hydrogens is 439 g/mol. The number of hydrogen-bond acceptors (Lipinski definition) is 4. The predicted octanol–water partition coefficient (Wildman–Crippen LogP) is 6.20. The van der Waals surface area contributed by atoms with Crippen molar-refractivity contribution in [2.75, 3.05) is 5.75 Å². The smallest absolute Gasteiger partial charge is 0.240 e. The van der Waals surface area contributed by atoms with Crippen molar-refractivity contribution in [3.8, 4) is 5.75 Å². The number of carbonyl (C=O) groups excluding carboxylic acids is 1. The van der Waals surface area contributed by atoms with Gasteiger partial charge in [0, 0.05) is 38.2 Å². The number of benzene rings is 3. The molecule has 154 valence electrons. The van der Waals surface area contributed by atoms with Crippen LogP contribution in [0.4, 0.5) is 0 Å². The molecule has 0 heterocycles. The number of amides is 1. The lowest BCUT2D eigenvalue weighted by Gasteiger charge is -2.10. The summed E-state index contributed by atoms with van der Waals surface area (Å²) in [6, 6.07) is 22.6. The number of carbonyl (C=O) groups is 1. The van der Waals surface area contributed by atoms with Crippen molar-refractivity contribution in [2.45, 2.75) is 17.9 Å². The summed E-state index contributed by atoms with van der Waals surface area (Å²) in [6.45, 7) is 0.346. The van der Waals surface area contributed by atoms with Crippen LogP contribution in [0.5, 0.6) is 5.75 Å². The van der Waals surface area contributed by atoms with Crippen molar-refractivity contribution < 1.29 is 9.53 Å². The summed E-state index contributed by atoms with van der Waals surface area (Å²) < 4.78 is 5.88. The molecule has 0 radical (unpaired) electrons. The SMILES string of the molecule is O=C(CCSc1ccc(Cl)cc1)NN=Cc1ccccc1OCc1ccccc1Cl. The standard InChI is InChI=1S/C23H20Cl2N2O2S/c24-19-9-11-20(12-10-19)30-14-13-23(28)27-26-15-17-5-2-4-8-22(17)29-16-18-6-1-3-7-21(18)25/h1-12,15H,13-14,16H2,(H,27,28). The van der Waals surface area contributed by atoms with E-state index in [1.54, 1.807) is 18.0 Å². The van der Waals surface area contributed by atoms with Crippen molar-refractivity contribution in [3.63, 3.8) is 0 Å². The van der Waals surface area contributed by atoms with E-state index in [2.05, 4.69) is 10.5 Å². The molecule has 1 N–H and O–H groups in total. The number of thioether (sulfide) groups is 1. The number of hydrazone groups is 1. The van der Waals surface area contributed by atoms with Gasteiger partial charge >= 0.3 is 0 Å². The Hall–Kier alpha value is -2.47. The second-order valence-corrected chi connectivity index (χ2v) is 8.28. The van der Waals surface area contributed by atoms with Crippen LogP contribution in [-0.2, 0) is 11.4 Å². The van der Waals surface area contributed by atoms with Crippen molar-refractivity contribution in [3.05, 3.63) is 94.0 Å². The van der Waals surface area contributed by atoms with Crippen LogP contribution < -0.4 is 10.2 Å². The fraction of sp³-hybridized carbons (Fsp3) is 0.130. The molecule has 0 unspecified atom stereocenters. The van der Waals surface area contributed by atoms with Crippen LogP contribution in [-0.4, -0.2) is 17.9 Å². The third kappa shape index (κ3) is 7.10. The van der Waals surface area contributed by atoms with E-state index in [9.17, 15) is 4.79 Å². The molecule has 0 aliphatic carbocycles. The summed E-state index contributed by atoms with van der Waals surface area (Å²) in [5.74, 6) is 1.16. The number of halogens is 2. The van der Waals surface area contributed by atoms with Crippen molar-refractivity contribution in [2.24, 2.45) is 5.10 Å². The van der Waals surface area contributed by atoms with Gasteiger partial charge in [0.1, 0.15) is 12.4 Å². The largest absolute Gasteiger partial charge is 0.488 e. The van der Waals surface area contributed by atoms with E-state index in [4.69, 9.17) is 27.9 Å². The minimum atomic E-state index is -0.151. The van der Waals surface area contributed by atoms with Gasteiger partial charge in [0.05, 0.1) is 6.21 Å². The number of nitrogens with zero attached hydrogens (tertiary/aromatic N) is 1. The highest BCUT2D eigenvalue weighted by Gasteiger charge is 2.05. The molecular formula is C23H20Cl2N2O2S. The van der Waals surface area contributed by atoms with Crippen LogP contribution in [0, 0.1) is 0 Å². The van der Waals surface area contributed by atoms with Crippen molar-refractivity contribution >= 4 is 47.1 Å². The molecule has 7 heteroatoms. The van der Waals surface area contributed by atoms with E-state index in [1.807, 2.05) is 72.8 Å². The summed E-state index contributed by atoms with van der Waals surface area (Å²) in [7, 11) is 0. The molecule has 30 heavy (non-hydrogen) atoms. The Kier molecular flexibility index (Phi) is 8.63. The van der Waals surface area contributed by atoms with Gasteiger partial charge in [-0.05, 0) is 42.5 Å². The molecule has 0 bridgehead atoms. The molecule has 0 saturated carbocycles. The van der Waals surface area contributed by atoms with E-state index in [1.165, 1.54) is 0 Å². The topological polar surface area (TPSA) is 50.7 Å². The van der Waals surface area contributed by atoms with Gasteiger partial charge in [-0.3, -0.25) is 4.79 Å². The van der Waals surface area contributed by atoms with Gasteiger partial charge in [0.2, 0.25) is 5.91 Å². The number of para-hydroxylation sites is 1. The van der Waals surface area contributed by atoms with Gasteiger partial charge in [0.15, 0.2) is 0 Å². The normalized spacial score (nSPS) is 10.9. The second kappa shape index (κ2) is 11.6. The maximum Gasteiger partial charge on any atom is 0.240 e. The first-order chi connectivity index (χ1) is 14.6. The average Bonchev–Trinajstić information content (AvgIpc) is 2.75. The van der Waals surface area contributed by atoms with Gasteiger partial charge in [-0.1, -0.05) is 53.5 Å². The van der Waals surface area contributed by atoms with Gasteiger partial charge in [0.25, 0.3) is 0 Å². The van der Waals surface area contributed by atoms with Gasteiger partial charge in [-0.15, -0.1) is 11.8 Å². The first kappa shape index (κ1) is 22.2. The first-order valence-electron chi connectivity index (χ1n) is 9.27. The fourth-order valence-electron chi connectivity index (χ4n) is 2.51. The van der Waals surface area contributed by atoms with Gasteiger partial charge in [-0.2, -0.15) is 5.10 Å². The Morgan fingerprint density at radius 2 is 1.73 bits per heavy atom. The molecule has 4 nitrogen and oxygen atoms in total. The summed E-state index contributed by atoms with van der Waals surface area (Å²) in [5.41, 5.74) is 4.22. The van der Waals surface area contributed by atoms with Crippen LogP contribution in [0.1, 0.15) is 17.5 Å². The maximum absolute atomic E-state index is 12.0. The Bertz CT molecular complexity index is 1010. The molecule has 0 aliphatic rings. The lowest BCUT2D eigenvalue weighted by atomic mass is 10.2. The molecule has 0 aromatic heterocycles. The van der Waals surface area contributed by atoms with Gasteiger partial charge in [-0.25, -0.2) is 5.43 Å². The highest BCUT2D eigenvalue weighted by Crippen LogP contribution is 2.22. The van der Waals surface area contributed by atoms with E-state index in [0.717, 1.165) is 16.0 Å². The highest BCUT2D eigenvalue weighted by atomic mass is 35.5. The highest BCUT2D eigenvalue weighted by molar-refractivity contribution is 7.99. The molecule has 0 aliphatic heterocycles. The fourth-order valence-corrected chi connectivity index (χ4v) is 3.68. The van der Waals surface area contributed by atoms with E-state index >= 15 is 0 Å². The van der Waals surface area contributed by atoms with Crippen LogP contribution in [0.25, 0.3) is 0 Å². The lowest BCUT2D eigenvalue weighted by molar-refractivity contribution is -0.120. The van der Waals surface area contributed by atoms with E-state index < -0.39 is 0 Å². The quantitative estimate of drug-likeness (QED) is 0.235. The Morgan fingerprint density at radius 1 is 1.00 bits per heavy atom. The Balaban J connectivity index is 1.47. The van der Waals surface area contributed by atoms with E-state index in [0.29, 0.717) is 34.6 Å². The summed E-state index contributed by atoms with van der Waals surface area (Å²) in [6.07, 6.45) is 1.93. The molecule has 0 saturated heterocycles. The maximum atomic E-state index is 12.0. The molecule has 0 fully saturated rings. The monoisotopic (exact) mass is 458 g/mol. The van der Waals surface area contributed by atoms with Crippen molar-refractivity contribution in [1.29, 1.82) is 0 Å². The lowest BCUT2D eigenvalue weighted by Crippen LogP contribution is -2.17. The van der Waals surface area contributed by atoms with Crippen LogP contribution in [0.15, 0.2) is 82.8 Å². The molecule has 3 aromatic rings. The second-order valence-electron chi connectivity index (χ2n) is 6.26. The molecule has 1 amide bonds. The average molecular weight is 459 g/mol. The van der Waals surface area contributed by atoms with Gasteiger partial charge < -0.3 is 4.74 Å². The summed E-state index contributed by atoms with van der Waals surface area (Å²) in [4.78, 5) is 13.1. The number of hydrogen-bond donors (Lipinski definition) is 1. The molecule has 3 rings (SSSR count). The van der Waals surface area contributed by atoms with Crippen LogP contribution >= 0.6 is 35.0 Å². The van der Waals surface area contributed by atoms with Crippen LogP contribution in [0.3, 0.4) is 0 Å². The number of nitrogens with one attached hydrogen (secondary N) is 1. The summed E-state index contributed by atoms with van der Waals surface area (Å²) >= 11 is 13.6. The van der Waals surface area contributed by atoms with Crippen molar-refractivity contribution in [1.82, 2.24) is 5.43 Å². The zero-order chi connectivity index (χ0) is 21.2. The summed E-state index contributed by atoms with van der Waals surface area (Å²) in [5, 5.41) is 5.41. The first-order valence-corrected chi connectivity index (χ1v) is 11.0. The minimum absolute atomic E-state index is 0.151. The zero-order valence-corrected chi connectivity index (χ0v) is 18.4. The minimum Gasteiger partial charge on any atom is -0.488 e. The van der Waals surface area contributed by atoms with Crippen LogP contribution in [0.2, 0.25) is 10.0 Å². The van der Waals surface area contributed by atoms with E-state index in [-0.39, 0.29) is 5.91 Å². The predicted molar refractivity (Wildman–Crippen MR) is 125 cm³/mol. The molecule has 0 atom stereocenters. The zero-order valence-electron chi connectivity index (χ0n) is 16.1. The molecule has 3 aromatic carbocycles. The third-order valence-electron chi connectivity index (χ3n) is 4.06.